The molecule has 2 rings (SSSR count). The fourth-order valence-corrected chi connectivity index (χ4v) is 1.73. The second-order valence-corrected chi connectivity index (χ2v) is 4.34. The molecule has 1 atom stereocenters. The molecule has 0 fully saturated rings. The molecule has 0 saturated carbocycles. The Morgan fingerprint density at radius 1 is 1.22 bits per heavy atom. The highest BCUT2D eigenvalue weighted by atomic mass is 19.1. The molecule has 18 heavy (non-hydrogen) atoms. The zero-order valence-corrected chi connectivity index (χ0v) is 10.1. The van der Waals surface area contributed by atoms with E-state index in [1.54, 1.807) is 6.07 Å². The van der Waals surface area contributed by atoms with Crippen LogP contribution in [0.3, 0.4) is 0 Å². The number of anilines is 1. The molecule has 0 bridgehead atoms. The molecular weight excluding hydrogens is 231 g/mol. The summed E-state index contributed by atoms with van der Waals surface area (Å²) in [5.41, 5.74) is 0.727. The van der Waals surface area contributed by atoms with E-state index in [4.69, 9.17) is 0 Å². The lowest BCUT2D eigenvalue weighted by Crippen LogP contribution is -2.36. The number of hydrogen-bond acceptors (Lipinski definition) is 3. The van der Waals surface area contributed by atoms with Gasteiger partial charge < -0.3 is 10.4 Å². The number of nitrogens with one attached hydrogen (secondary N) is 1. The lowest BCUT2D eigenvalue weighted by molar-refractivity contribution is 0.221. The summed E-state index contributed by atoms with van der Waals surface area (Å²) < 4.78 is 12.9. The second kappa shape index (κ2) is 5.14. The fourth-order valence-electron chi connectivity index (χ4n) is 1.73. The third-order valence-corrected chi connectivity index (χ3v) is 2.80. The van der Waals surface area contributed by atoms with Crippen LogP contribution in [0.25, 0.3) is 0 Å². The molecule has 4 heteroatoms. The van der Waals surface area contributed by atoms with Gasteiger partial charge in [0, 0.05) is 5.69 Å². The molecule has 3 nitrogen and oxygen atoms in total. The molecule has 2 aromatic rings. The van der Waals surface area contributed by atoms with E-state index in [1.807, 2.05) is 37.3 Å². The van der Waals surface area contributed by atoms with Crippen LogP contribution >= 0.6 is 0 Å². The number of para-hydroxylation sites is 1. The van der Waals surface area contributed by atoms with E-state index in [0.717, 1.165) is 11.9 Å². The monoisotopic (exact) mass is 246 g/mol. The summed E-state index contributed by atoms with van der Waals surface area (Å²) >= 11 is 0. The third-order valence-electron chi connectivity index (χ3n) is 2.80. The van der Waals surface area contributed by atoms with Gasteiger partial charge in [0.1, 0.15) is 5.82 Å². The predicted octanol–water partition coefficient (Wildman–Crippen LogP) is 2.54. The van der Waals surface area contributed by atoms with E-state index in [2.05, 4.69) is 10.3 Å². The number of nitrogens with zero attached hydrogens (tertiary/aromatic N) is 1. The minimum Gasteiger partial charge on any atom is -0.394 e. The van der Waals surface area contributed by atoms with Crippen LogP contribution in [0.2, 0.25) is 0 Å². The van der Waals surface area contributed by atoms with Gasteiger partial charge in [0.05, 0.1) is 24.0 Å². The summed E-state index contributed by atoms with van der Waals surface area (Å²) in [7, 11) is 0. The van der Waals surface area contributed by atoms with Gasteiger partial charge in [-0.3, -0.25) is 4.98 Å². The molecule has 94 valence electrons. The Kier molecular flexibility index (Phi) is 3.58. The molecule has 0 aliphatic rings. The normalized spacial score (nSPS) is 13.9. The summed E-state index contributed by atoms with van der Waals surface area (Å²) in [4.78, 5) is 4.02. The number of rotatable bonds is 4. The Labute approximate surface area is 105 Å². The Morgan fingerprint density at radius 2 is 1.94 bits per heavy atom. The average molecular weight is 246 g/mol. The molecule has 0 spiro atoms. The fraction of sp³-hybridized carbons (Fsp3) is 0.214. The van der Waals surface area contributed by atoms with Crippen molar-refractivity contribution >= 4 is 5.69 Å². The van der Waals surface area contributed by atoms with Gasteiger partial charge in [0.2, 0.25) is 0 Å². The summed E-state index contributed by atoms with van der Waals surface area (Å²) in [5.74, 6) is -0.390. The van der Waals surface area contributed by atoms with E-state index < -0.39 is 11.4 Å². The molecule has 1 aromatic carbocycles. The number of halogens is 1. The van der Waals surface area contributed by atoms with Crippen LogP contribution in [0.15, 0.2) is 48.7 Å². The zero-order chi connectivity index (χ0) is 13.0. The van der Waals surface area contributed by atoms with Crippen LogP contribution in [-0.2, 0) is 5.54 Å². The van der Waals surface area contributed by atoms with Gasteiger partial charge in [-0.25, -0.2) is 4.39 Å². The quantitative estimate of drug-likeness (QED) is 0.871. The number of aromatic nitrogens is 1. The first-order valence-electron chi connectivity index (χ1n) is 5.70. The molecule has 0 aliphatic carbocycles. The van der Waals surface area contributed by atoms with Gasteiger partial charge in [-0.15, -0.1) is 0 Å². The summed E-state index contributed by atoms with van der Waals surface area (Å²) in [6.45, 7) is 1.68. The summed E-state index contributed by atoms with van der Waals surface area (Å²) in [6.07, 6.45) is 1.15. The smallest absolute Gasteiger partial charge is 0.141 e. The standard InChI is InChI=1S/C14H15FN2O/c1-14(10-18,13-8-7-11(15)9-16-13)17-12-5-3-2-4-6-12/h2-9,17-18H,10H2,1H3. The van der Waals surface area contributed by atoms with Crippen molar-refractivity contribution < 1.29 is 9.50 Å². The van der Waals surface area contributed by atoms with Crippen LogP contribution < -0.4 is 5.32 Å². The second-order valence-electron chi connectivity index (χ2n) is 4.34. The average Bonchev–Trinajstić information content (AvgIpc) is 2.40. The Morgan fingerprint density at radius 3 is 2.50 bits per heavy atom. The zero-order valence-electron chi connectivity index (χ0n) is 10.1. The Balaban J connectivity index is 2.28. The van der Waals surface area contributed by atoms with Crippen molar-refractivity contribution in [3.8, 4) is 0 Å². The summed E-state index contributed by atoms with van der Waals surface area (Å²) in [5, 5.41) is 12.8. The van der Waals surface area contributed by atoms with Gasteiger partial charge in [-0.1, -0.05) is 18.2 Å². The lowest BCUT2D eigenvalue weighted by atomic mass is 9.97. The van der Waals surface area contributed by atoms with Crippen LogP contribution in [0.1, 0.15) is 12.6 Å². The van der Waals surface area contributed by atoms with E-state index in [9.17, 15) is 9.50 Å². The summed E-state index contributed by atoms with van der Waals surface area (Å²) in [6, 6.07) is 12.4. The number of benzene rings is 1. The van der Waals surface area contributed by atoms with Crippen molar-refractivity contribution in [2.45, 2.75) is 12.5 Å². The predicted molar refractivity (Wildman–Crippen MR) is 68.7 cm³/mol. The van der Waals surface area contributed by atoms with E-state index in [0.29, 0.717) is 5.69 Å². The molecule has 1 heterocycles. The van der Waals surface area contributed by atoms with Crippen molar-refractivity contribution in [2.24, 2.45) is 0 Å². The first kappa shape index (κ1) is 12.5. The van der Waals surface area contributed by atoms with E-state index >= 15 is 0 Å². The minimum absolute atomic E-state index is 0.138. The maximum absolute atomic E-state index is 12.9. The highest BCUT2D eigenvalue weighted by molar-refractivity contribution is 5.46. The minimum atomic E-state index is -0.741. The van der Waals surface area contributed by atoms with Gasteiger partial charge in [0.25, 0.3) is 0 Å². The van der Waals surface area contributed by atoms with Crippen molar-refractivity contribution in [2.75, 3.05) is 11.9 Å². The van der Waals surface area contributed by atoms with Crippen molar-refractivity contribution in [1.82, 2.24) is 4.98 Å². The Bertz CT molecular complexity index is 501. The van der Waals surface area contributed by atoms with Crippen molar-refractivity contribution in [1.29, 1.82) is 0 Å². The topological polar surface area (TPSA) is 45.1 Å². The Hall–Kier alpha value is -1.94. The van der Waals surface area contributed by atoms with E-state index in [1.165, 1.54) is 6.07 Å². The SMILES string of the molecule is CC(CO)(Nc1ccccc1)c1ccc(F)cn1. The maximum atomic E-state index is 12.9. The van der Waals surface area contributed by atoms with E-state index in [-0.39, 0.29) is 6.61 Å². The number of aliphatic hydroxyl groups is 1. The van der Waals surface area contributed by atoms with Gasteiger partial charge in [-0.2, -0.15) is 0 Å². The number of aliphatic hydroxyl groups excluding tert-OH is 1. The molecule has 0 aliphatic heterocycles. The first-order valence-corrected chi connectivity index (χ1v) is 5.70. The third kappa shape index (κ3) is 2.65. The van der Waals surface area contributed by atoms with Gasteiger partial charge >= 0.3 is 0 Å². The number of hydrogen-bond donors (Lipinski definition) is 2. The molecule has 1 aromatic heterocycles. The van der Waals surface area contributed by atoms with Crippen LogP contribution in [0, 0.1) is 5.82 Å². The first-order chi connectivity index (χ1) is 8.64. The highest BCUT2D eigenvalue weighted by Crippen LogP contribution is 2.24. The molecule has 1 unspecified atom stereocenters. The van der Waals surface area contributed by atoms with Crippen molar-refractivity contribution in [3.05, 3.63) is 60.2 Å². The molecule has 0 amide bonds. The lowest BCUT2D eigenvalue weighted by Gasteiger charge is -2.29. The van der Waals surface area contributed by atoms with Crippen LogP contribution in [0.4, 0.5) is 10.1 Å². The maximum Gasteiger partial charge on any atom is 0.141 e. The largest absolute Gasteiger partial charge is 0.394 e. The van der Waals surface area contributed by atoms with Gasteiger partial charge in [-0.05, 0) is 31.2 Å². The molecule has 0 radical (unpaired) electrons. The van der Waals surface area contributed by atoms with Gasteiger partial charge in [0.15, 0.2) is 0 Å². The van der Waals surface area contributed by atoms with Crippen LogP contribution in [-0.4, -0.2) is 16.7 Å². The van der Waals surface area contributed by atoms with Crippen molar-refractivity contribution in [3.63, 3.8) is 0 Å². The molecular formula is C14H15FN2O. The van der Waals surface area contributed by atoms with Crippen LogP contribution in [0.5, 0.6) is 0 Å². The molecule has 2 N–H and O–H groups in total. The highest BCUT2D eigenvalue weighted by Gasteiger charge is 2.27. The molecule has 0 saturated heterocycles. The number of pyridine rings is 1.